The third-order valence-corrected chi connectivity index (χ3v) is 5.45. The van der Waals surface area contributed by atoms with Crippen LogP contribution in [0.3, 0.4) is 0 Å². The fourth-order valence-electron chi connectivity index (χ4n) is 2.72. The molecule has 0 aliphatic rings. The summed E-state index contributed by atoms with van der Waals surface area (Å²) in [5.74, 6) is 0.170. The number of amides is 1. The van der Waals surface area contributed by atoms with Crippen LogP contribution in [0.2, 0.25) is 0 Å². The molecule has 136 valence electrons. The first kappa shape index (κ1) is 20.5. The van der Waals surface area contributed by atoms with E-state index in [1.54, 1.807) is 31.2 Å². The summed E-state index contributed by atoms with van der Waals surface area (Å²) in [7, 11) is -3.55. The van der Waals surface area contributed by atoms with E-state index in [1.807, 2.05) is 6.07 Å². The summed E-state index contributed by atoms with van der Waals surface area (Å²) >= 11 is 0. The van der Waals surface area contributed by atoms with Crippen molar-refractivity contribution in [1.29, 1.82) is 0 Å². The molecule has 0 radical (unpaired) electrons. The number of carbonyl (C=O) groups excluding carboxylic acids is 1. The van der Waals surface area contributed by atoms with E-state index >= 15 is 0 Å². The second-order valence-corrected chi connectivity index (χ2v) is 8.09. The summed E-state index contributed by atoms with van der Waals surface area (Å²) in [6.45, 7) is 6.47. The van der Waals surface area contributed by atoms with Crippen LogP contribution in [0, 0.1) is 5.92 Å². The predicted octanol–water partition coefficient (Wildman–Crippen LogP) is 3.17. The highest BCUT2D eigenvalue weighted by Crippen LogP contribution is 2.20. The highest BCUT2D eigenvalue weighted by molar-refractivity contribution is 7.92. The van der Waals surface area contributed by atoms with Crippen molar-refractivity contribution in [3.63, 3.8) is 0 Å². The van der Waals surface area contributed by atoms with Crippen molar-refractivity contribution < 1.29 is 13.2 Å². The number of para-hydroxylation sites is 1. The molecule has 1 N–H and O–H groups in total. The van der Waals surface area contributed by atoms with Gasteiger partial charge in [0.25, 0.3) is 0 Å². The lowest BCUT2D eigenvalue weighted by Crippen LogP contribution is -2.48. The Hall–Kier alpha value is -1.56. The second kappa shape index (κ2) is 9.67. The molecule has 0 aliphatic carbocycles. The van der Waals surface area contributed by atoms with Crippen molar-refractivity contribution in [1.82, 2.24) is 5.32 Å². The van der Waals surface area contributed by atoms with E-state index in [2.05, 4.69) is 19.2 Å². The molecule has 1 rings (SSSR count). The topological polar surface area (TPSA) is 66.5 Å². The van der Waals surface area contributed by atoms with Crippen molar-refractivity contribution in [2.75, 3.05) is 17.1 Å². The lowest BCUT2D eigenvalue weighted by Gasteiger charge is -2.28. The summed E-state index contributed by atoms with van der Waals surface area (Å²) in [5.41, 5.74) is 0.501. The molecule has 0 saturated carbocycles. The molecule has 0 aliphatic heterocycles. The van der Waals surface area contributed by atoms with Crippen molar-refractivity contribution in [3.05, 3.63) is 30.3 Å². The Morgan fingerprint density at radius 1 is 1.21 bits per heavy atom. The number of unbranched alkanes of at least 4 members (excludes halogenated alkanes) is 1. The molecule has 0 aromatic heterocycles. The SMILES string of the molecule is CCCC[C@H](CC)CNC(=O)[C@H](C)N(c1ccccc1)S(C)(=O)=O. The minimum Gasteiger partial charge on any atom is -0.354 e. The Morgan fingerprint density at radius 2 is 1.83 bits per heavy atom. The number of benzene rings is 1. The maximum atomic E-state index is 12.5. The first-order chi connectivity index (χ1) is 11.3. The summed E-state index contributed by atoms with van der Waals surface area (Å²) in [6.07, 6.45) is 5.49. The number of nitrogens with one attached hydrogen (secondary N) is 1. The average Bonchev–Trinajstić information content (AvgIpc) is 2.54. The minimum absolute atomic E-state index is 0.265. The first-order valence-electron chi connectivity index (χ1n) is 8.63. The molecule has 0 saturated heterocycles. The van der Waals surface area contributed by atoms with Crippen LogP contribution < -0.4 is 9.62 Å². The normalized spacial score (nSPS) is 14.0. The zero-order valence-electron chi connectivity index (χ0n) is 15.2. The number of rotatable bonds is 10. The molecule has 0 heterocycles. The monoisotopic (exact) mass is 354 g/mol. The highest BCUT2D eigenvalue weighted by atomic mass is 32.2. The lowest BCUT2D eigenvalue weighted by atomic mass is 9.99. The van der Waals surface area contributed by atoms with Crippen LogP contribution >= 0.6 is 0 Å². The van der Waals surface area contributed by atoms with Crippen molar-refractivity contribution in [2.24, 2.45) is 5.92 Å². The Bertz CT molecular complexity index is 602. The van der Waals surface area contributed by atoms with Gasteiger partial charge in [-0.05, 0) is 31.4 Å². The van der Waals surface area contributed by atoms with Crippen LogP contribution in [-0.4, -0.2) is 33.2 Å². The minimum atomic E-state index is -3.55. The van der Waals surface area contributed by atoms with Gasteiger partial charge in [-0.3, -0.25) is 9.10 Å². The molecule has 24 heavy (non-hydrogen) atoms. The summed E-state index contributed by atoms with van der Waals surface area (Å²) in [4.78, 5) is 12.5. The molecule has 0 fully saturated rings. The Labute approximate surface area is 146 Å². The average molecular weight is 355 g/mol. The Balaban J connectivity index is 2.80. The molecule has 0 unspecified atom stereocenters. The zero-order chi connectivity index (χ0) is 18.2. The van der Waals surface area contributed by atoms with E-state index in [-0.39, 0.29) is 5.91 Å². The Kier molecular flexibility index (Phi) is 8.25. The van der Waals surface area contributed by atoms with E-state index in [1.165, 1.54) is 4.31 Å². The van der Waals surface area contributed by atoms with Crippen LogP contribution in [0.4, 0.5) is 5.69 Å². The number of hydrogen-bond donors (Lipinski definition) is 1. The lowest BCUT2D eigenvalue weighted by molar-refractivity contribution is -0.122. The maximum Gasteiger partial charge on any atom is 0.243 e. The molecule has 0 spiro atoms. The van der Waals surface area contributed by atoms with Gasteiger partial charge in [-0.15, -0.1) is 0 Å². The molecular formula is C18H30N2O3S. The van der Waals surface area contributed by atoms with Crippen LogP contribution in [-0.2, 0) is 14.8 Å². The van der Waals surface area contributed by atoms with Crippen LogP contribution in [0.1, 0.15) is 46.5 Å². The van der Waals surface area contributed by atoms with Gasteiger partial charge in [0.1, 0.15) is 6.04 Å². The van der Waals surface area contributed by atoms with Gasteiger partial charge in [-0.2, -0.15) is 0 Å². The van der Waals surface area contributed by atoms with Gasteiger partial charge in [0.2, 0.25) is 15.9 Å². The Morgan fingerprint density at radius 3 is 2.33 bits per heavy atom. The van der Waals surface area contributed by atoms with Gasteiger partial charge in [0.15, 0.2) is 0 Å². The first-order valence-corrected chi connectivity index (χ1v) is 10.5. The number of nitrogens with zero attached hydrogens (tertiary/aromatic N) is 1. The number of carbonyl (C=O) groups is 1. The quantitative estimate of drug-likeness (QED) is 0.702. The predicted molar refractivity (Wildman–Crippen MR) is 99.5 cm³/mol. The largest absolute Gasteiger partial charge is 0.354 e. The maximum absolute atomic E-state index is 12.5. The van der Waals surface area contributed by atoms with E-state index in [0.717, 1.165) is 31.9 Å². The van der Waals surface area contributed by atoms with E-state index in [4.69, 9.17) is 0 Å². The summed E-state index contributed by atoms with van der Waals surface area (Å²) < 4.78 is 25.5. The van der Waals surface area contributed by atoms with E-state index in [9.17, 15) is 13.2 Å². The van der Waals surface area contributed by atoms with Crippen molar-refractivity contribution >= 4 is 21.6 Å². The highest BCUT2D eigenvalue weighted by Gasteiger charge is 2.29. The van der Waals surface area contributed by atoms with Crippen molar-refractivity contribution in [2.45, 2.75) is 52.5 Å². The van der Waals surface area contributed by atoms with Gasteiger partial charge < -0.3 is 5.32 Å². The van der Waals surface area contributed by atoms with Crippen LogP contribution in [0.15, 0.2) is 30.3 Å². The van der Waals surface area contributed by atoms with Crippen molar-refractivity contribution in [3.8, 4) is 0 Å². The van der Waals surface area contributed by atoms with Gasteiger partial charge in [0.05, 0.1) is 11.9 Å². The molecule has 5 nitrogen and oxygen atoms in total. The fourth-order valence-corrected chi connectivity index (χ4v) is 3.89. The zero-order valence-corrected chi connectivity index (χ0v) is 16.0. The van der Waals surface area contributed by atoms with Gasteiger partial charge >= 0.3 is 0 Å². The molecule has 1 aromatic rings. The molecule has 1 amide bonds. The molecule has 2 atom stereocenters. The summed E-state index contributed by atoms with van der Waals surface area (Å²) in [6, 6.07) is 7.94. The molecule has 1 aromatic carbocycles. The number of hydrogen-bond acceptors (Lipinski definition) is 3. The fraction of sp³-hybridized carbons (Fsp3) is 0.611. The van der Waals surface area contributed by atoms with E-state index < -0.39 is 16.1 Å². The molecule has 0 bridgehead atoms. The molecular weight excluding hydrogens is 324 g/mol. The van der Waals surface area contributed by atoms with Crippen LogP contribution in [0.25, 0.3) is 0 Å². The van der Waals surface area contributed by atoms with Crippen LogP contribution in [0.5, 0.6) is 0 Å². The summed E-state index contributed by atoms with van der Waals surface area (Å²) in [5, 5.41) is 2.92. The number of anilines is 1. The molecule has 6 heteroatoms. The third-order valence-electron chi connectivity index (χ3n) is 4.21. The standard InChI is InChI=1S/C18H30N2O3S/c1-5-7-11-16(6-2)14-19-18(21)15(3)20(24(4,22)23)17-12-9-8-10-13-17/h8-10,12-13,15-16H,5-7,11,14H2,1-4H3,(H,19,21)/t15-,16-/m0/s1. The van der Waals surface area contributed by atoms with E-state index in [0.29, 0.717) is 18.2 Å². The smallest absolute Gasteiger partial charge is 0.243 e. The van der Waals surface area contributed by atoms with Gasteiger partial charge in [0, 0.05) is 6.54 Å². The number of sulfonamides is 1. The second-order valence-electron chi connectivity index (χ2n) is 6.23. The van der Waals surface area contributed by atoms with Gasteiger partial charge in [-0.1, -0.05) is 51.3 Å². The van der Waals surface area contributed by atoms with Gasteiger partial charge in [-0.25, -0.2) is 8.42 Å². The third kappa shape index (κ3) is 6.15.